The normalized spacial score (nSPS) is 23.5. The van der Waals surface area contributed by atoms with Gasteiger partial charge in [-0.1, -0.05) is 37.5 Å². The molecule has 4 nitrogen and oxygen atoms in total. The largest absolute Gasteiger partial charge is 0.488 e. The molecule has 0 aromatic heterocycles. The summed E-state index contributed by atoms with van der Waals surface area (Å²) in [5, 5.41) is 0. The topological polar surface area (TPSA) is 38.8 Å². The van der Waals surface area contributed by atoms with Crippen molar-refractivity contribution in [1.29, 1.82) is 0 Å². The Labute approximate surface area is 149 Å². The molecule has 3 aliphatic rings. The van der Waals surface area contributed by atoms with Gasteiger partial charge in [-0.05, 0) is 31.4 Å². The summed E-state index contributed by atoms with van der Waals surface area (Å²) in [4.78, 5) is 15.5. The first-order chi connectivity index (χ1) is 12.3. The van der Waals surface area contributed by atoms with E-state index in [-0.39, 0.29) is 5.91 Å². The summed E-state index contributed by atoms with van der Waals surface area (Å²) in [5.74, 6) is 1.50. The van der Waals surface area contributed by atoms with Gasteiger partial charge in [-0.15, -0.1) is 0 Å². The molecule has 1 aromatic rings. The van der Waals surface area contributed by atoms with E-state index in [2.05, 4.69) is 4.90 Å². The van der Waals surface area contributed by atoms with E-state index in [0.29, 0.717) is 18.6 Å². The Balaban J connectivity index is 1.55. The summed E-state index contributed by atoms with van der Waals surface area (Å²) >= 11 is 0. The van der Waals surface area contributed by atoms with Gasteiger partial charge in [-0.3, -0.25) is 4.79 Å². The fraction of sp³-hybridized carbons (Fsp3) is 0.571. The van der Waals surface area contributed by atoms with E-state index >= 15 is 0 Å². The molecule has 2 aliphatic heterocycles. The zero-order valence-electron chi connectivity index (χ0n) is 14.8. The van der Waals surface area contributed by atoms with Crippen LogP contribution in [-0.4, -0.2) is 43.2 Å². The maximum Gasteiger partial charge on any atom is 0.253 e. The molecule has 1 saturated carbocycles. The van der Waals surface area contributed by atoms with Gasteiger partial charge in [0, 0.05) is 30.7 Å². The van der Waals surface area contributed by atoms with Gasteiger partial charge in [0.1, 0.15) is 12.4 Å². The SMILES string of the molecule is O=C(C1=Cc2ccccc2OC1)N(C[C@@H]1CCOC1)C1CCCCC1. The van der Waals surface area contributed by atoms with E-state index in [1.54, 1.807) is 0 Å². The lowest BCUT2D eigenvalue weighted by Gasteiger charge is -2.37. The Bertz CT molecular complexity index is 642. The Morgan fingerprint density at radius 3 is 2.76 bits per heavy atom. The molecule has 1 aromatic carbocycles. The van der Waals surface area contributed by atoms with Gasteiger partial charge in [0.2, 0.25) is 0 Å². The van der Waals surface area contributed by atoms with Gasteiger partial charge in [0.15, 0.2) is 0 Å². The van der Waals surface area contributed by atoms with Gasteiger partial charge in [-0.25, -0.2) is 0 Å². The summed E-state index contributed by atoms with van der Waals surface area (Å²) < 4.78 is 11.4. The first-order valence-electron chi connectivity index (χ1n) is 9.62. The molecule has 0 spiro atoms. The monoisotopic (exact) mass is 341 g/mol. The lowest BCUT2D eigenvalue weighted by molar-refractivity contribution is -0.131. The number of benzene rings is 1. The highest BCUT2D eigenvalue weighted by atomic mass is 16.5. The molecule has 4 rings (SSSR count). The predicted molar refractivity (Wildman–Crippen MR) is 97.4 cm³/mol. The smallest absolute Gasteiger partial charge is 0.253 e. The minimum atomic E-state index is 0.160. The molecule has 25 heavy (non-hydrogen) atoms. The third-order valence-corrected chi connectivity index (χ3v) is 5.66. The molecular formula is C21H27NO3. The number of fused-ring (bicyclic) bond motifs is 1. The van der Waals surface area contributed by atoms with Gasteiger partial charge in [0.05, 0.1) is 12.2 Å². The average Bonchev–Trinajstić information content (AvgIpc) is 3.19. The van der Waals surface area contributed by atoms with Crippen LogP contribution >= 0.6 is 0 Å². The highest BCUT2D eigenvalue weighted by molar-refractivity contribution is 5.99. The number of ether oxygens (including phenoxy) is 2. The van der Waals surface area contributed by atoms with E-state index < -0.39 is 0 Å². The molecule has 2 heterocycles. The molecule has 0 radical (unpaired) electrons. The summed E-state index contributed by atoms with van der Waals surface area (Å²) in [6, 6.07) is 8.30. The molecule has 4 heteroatoms. The van der Waals surface area contributed by atoms with Crippen molar-refractivity contribution in [3.8, 4) is 5.75 Å². The highest BCUT2D eigenvalue weighted by Crippen LogP contribution is 2.30. The van der Waals surface area contributed by atoms with Gasteiger partial charge >= 0.3 is 0 Å². The van der Waals surface area contributed by atoms with Crippen LogP contribution < -0.4 is 4.74 Å². The number of rotatable bonds is 4. The quantitative estimate of drug-likeness (QED) is 0.839. The van der Waals surface area contributed by atoms with Crippen LogP contribution in [0.4, 0.5) is 0 Å². The maximum atomic E-state index is 13.3. The van der Waals surface area contributed by atoms with Crippen LogP contribution in [-0.2, 0) is 9.53 Å². The molecule has 1 saturated heterocycles. The van der Waals surface area contributed by atoms with E-state index in [4.69, 9.17) is 9.47 Å². The Kier molecular flexibility index (Phi) is 5.07. The van der Waals surface area contributed by atoms with Crippen LogP contribution in [0.15, 0.2) is 29.8 Å². The first-order valence-corrected chi connectivity index (χ1v) is 9.62. The second kappa shape index (κ2) is 7.61. The van der Waals surface area contributed by atoms with E-state index in [0.717, 1.165) is 55.9 Å². The minimum Gasteiger partial charge on any atom is -0.488 e. The molecule has 1 amide bonds. The predicted octanol–water partition coefficient (Wildman–Crippen LogP) is 3.66. The Hall–Kier alpha value is -1.81. The van der Waals surface area contributed by atoms with Crippen molar-refractivity contribution in [2.45, 2.75) is 44.6 Å². The number of amides is 1. The van der Waals surface area contributed by atoms with Crippen LogP contribution in [0.2, 0.25) is 0 Å². The zero-order valence-corrected chi connectivity index (χ0v) is 14.8. The third kappa shape index (κ3) is 3.74. The van der Waals surface area contributed by atoms with E-state index in [9.17, 15) is 4.79 Å². The number of carbonyl (C=O) groups excluding carboxylic acids is 1. The fourth-order valence-electron chi connectivity index (χ4n) is 4.22. The van der Waals surface area contributed by atoms with Crippen LogP contribution in [0, 0.1) is 5.92 Å². The molecule has 0 N–H and O–H groups in total. The van der Waals surface area contributed by atoms with Crippen molar-refractivity contribution in [2.75, 3.05) is 26.4 Å². The summed E-state index contributed by atoms with van der Waals surface area (Å²) in [6.07, 6.45) is 9.09. The Morgan fingerprint density at radius 1 is 1.12 bits per heavy atom. The van der Waals surface area contributed by atoms with E-state index in [1.165, 1.54) is 19.3 Å². The number of hydrogen-bond donors (Lipinski definition) is 0. The Morgan fingerprint density at radius 2 is 1.96 bits per heavy atom. The third-order valence-electron chi connectivity index (χ3n) is 5.66. The molecule has 2 fully saturated rings. The van der Waals surface area contributed by atoms with Crippen molar-refractivity contribution >= 4 is 12.0 Å². The molecule has 0 bridgehead atoms. The lowest BCUT2D eigenvalue weighted by atomic mass is 9.92. The van der Waals surface area contributed by atoms with Gasteiger partial charge < -0.3 is 14.4 Å². The maximum absolute atomic E-state index is 13.3. The molecule has 1 atom stereocenters. The second-order valence-corrected chi connectivity index (χ2v) is 7.48. The number of carbonyl (C=O) groups is 1. The van der Waals surface area contributed by atoms with Crippen LogP contribution in [0.25, 0.3) is 6.08 Å². The van der Waals surface area contributed by atoms with Crippen molar-refractivity contribution in [3.05, 3.63) is 35.4 Å². The second-order valence-electron chi connectivity index (χ2n) is 7.48. The molecule has 0 unspecified atom stereocenters. The molecule has 134 valence electrons. The van der Waals surface area contributed by atoms with Gasteiger partial charge in [0.25, 0.3) is 5.91 Å². The first kappa shape index (κ1) is 16.6. The van der Waals surface area contributed by atoms with Crippen molar-refractivity contribution < 1.29 is 14.3 Å². The van der Waals surface area contributed by atoms with Crippen LogP contribution in [0.1, 0.15) is 44.1 Å². The minimum absolute atomic E-state index is 0.160. The summed E-state index contributed by atoms with van der Waals surface area (Å²) in [5.41, 5.74) is 1.79. The van der Waals surface area contributed by atoms with Crippen LogP contribution in [0.5, 0.6) is 5.75 Å². The summed E-state index contributed by atoms with van der Waals surface area (Å²) in [6.45, 7) is 2.81. The van der Waals surface area contributed by atoms with Crippen LogP contribution in [0.3, 0.4) is 0 Å². The number of hydrogen-bond acceptors (Lipinski definition) is 3. The van der Waals surface area contributed by atoms with Crippen molar-refractivity contribution in [2.24, 2.45) is 5.92 Å². The number of para-hydroxylation sites is 1. The highest BCUT2D eigenvalue weighted by Gasteiger charge is 2.31. The molecule has 1 aliphatic carbocycles. The lowest BCUT2D eigenvalue weighted by Crippen LogP contribution is -2.45. The molecular weight excluding hydrogens is 314 g/mol. The standard InChI is InChI=1S/C21H27NO3/c23-21(18-12-17-6-4-5-9-20(17)25-15-18)22(13-16-10-11-24-14-16)19-7-2-1-3-8-19/h4-6,9,12,16,19H,1-3,7-8,10-11,13-15H2/t16-/m0/s1. The fourth-order valence-corrected chi connectivity index (χ4v) is 4.22. The number of nitrogens with zero attached hydrogens (tertiary/aromatic N) is 1. The van der Waals surface area contributed by atoms with Gasteiger partial charge in [-0.2, -0.15) is 0 Å². The van der Waals surface area contributed by atoms with Crippen molar-refractivity contribution in [3.63, 3.8) is 0 Å². The summed E-state index contributed by atoms with van der Waals surface area (Å²) in [7, 11) is 0. The van der Waals surface area contributed by atoms with E-state index in [1.807, 2.05) is 30.3 Å². The van der Waals surface area contributed by atoms with Crippen molar-refractivity contribution in [1.82, 2.24) is 4.90 Å². The zero-order chi connectivity index (χ0) is 17.1. The average molecular weight is 341 g/mol.